The number of ether oxygens (including phenoxy) is 1. The van der Waals surface area contributed by atoms with Crippen LogP contribution in [0, 0.1) is 13.8 Å². The maximum atomic E-state index is 7.19. The summed E-state index contributed by atoms with van der Waals surface area (Å²) in [5, 5.41) is 0. The number of hydrogen-bond acceptors (Lipinski definition) is 5. The van der Waals surface area contributed by atoms with Crippen molar-refractivity contribution in [3.8, 4) is 90.2 Å². The van der Waals surface area contributed by atoms with E-state index in [-0.39, 0.29) is 0 Å². The van der Waals surface area contributed by atoms with Crippen LogP contribution < -0.4 is 4.74 Å². The lowest BCUT2D eigenvalue weighted by molar-refractivity contribution is 0.438. The topological polar surface area (TPSA) is 60.8 Å². The second-order valence-corrected chi connectivity index (χ2v) is 16.6. The molecule has 0 unspecified atom stereocenters. The van der Waals surface area contributed by atoms with Crippen LogP contribution >= 0.6 is 0 Å². The second-order valence-electron chi connectivity index (χ2n) is 16.6. The van der Waals surface area contributed by atoms with E-state index in [9.17, 15) is 0 Å². The molecule has 302 valence electrons. The molecular weight excluding hydrogens is 781 g/mol. The maximum absolute atomic E-state index is 7.19. The molecular formula is C59H40N4O. The quantitative estimate of drug-likeness (QED) is 0.167. The Labute approximate surface area is 372 Å². The Morgan fingerprint density at radius 2 is 0.797 bits per heavy atom. The molecule has 8 aromatic carbocycles. The van der Waals surface area contributed by atoms with Gasteiger partial charge in [0.2, 0.25) is 0 Å². The van der Waals surface area contributed by atoms with Gasteiger partial charge in [-0.2, -0.15) is 0 Å². The molecule has 3 heterocycles. The fourth-order valence-corrected chi connectivity index (χ4v) is 9.91. The van der Waals surface area contributed by atoms with E-state index in [1.54, 1.807) is 0 Å². The zero-order valence-corrected chi connectivity index (χ0v) is 35.3. The Hall–Kier alpha value is -8.28. The smallest absolute Gasteiger partial charge is 0.164 e. The summed E-state index contributed by atoms with van der Waals surface area (Å²) in [7, 11) is 0. The lowest BCUT2D eigenvalue weighted by Gasteiger charge is -2.40. The summed E-state index contributed by atoms with van der Waals surface area (Å²) >= 11 is 0. The van der Waals surface area contributed by atoms with Crippen molar-refractivity contribution in [2.75, 3.05) is 0 Å². The van der Waals surface area contributed by atoms with Crippen molar-refractivity contribution in [3.05, 3.63) is 240 Å². The van der Waals surface area contributed by atoms with Crippen LogP contribution in [0.15, 0.2) is 206 Å². The number of aromatic nitrogens is 4. The van der Waals surface area contributed by atoms with Crippen LogP contribution in [0.25, 0.3) is 78.7 Å². The third kappa shape index (κ3) is 6.00. The summed E-state index contributed by atoms with van der Waals surface area (Å²) in [6, 6.07) is 72.7. The third-order valence-electron chi connectivity index (χ3n) is 12.9. The van der Waals surface area contributed by atoms with Crippen LogP contribution in [0.5, 0.6) is 11.5 Å². The van der Waals surface area contributed by atoms with Crippen molar-refractivity contribution < 1.29 is 4.74 Å². The molecule has 0 saturated heterocycles. The molecule has 1 aliphatic heterocycles. The Morgan fingerprint density at radius 1 is 0.328 bits per heavy atom. The molecule has 5 nitrogen and oxygen atoms in total. The Kier molecular flexibility index (Phi) is 8.76. The van der Waals surface area contributed by atoms with Crippen LogP contribution in [0.3, 0.4) is 0 Å². The van der Waals surface area contributed by atoms with Crippen LogP contribution in [0.2, 0.25) is 0 Å². The fourth-order valence-electron chi connectivity index (χ4n) is 9.91. The number of nitrogens with zero attached hydrogens (tertiary/aromatic N) is 4. The molecule has 0 radical (unpaired) electrons. The molecule has 0 atom stereocenters. The monoisotopic (exact) mass is 820 g/mol. The van der Waals surface area contributed by atoms with Gasteiger partial charge in [0.25, 0.3) is 0 Å². The van der Waals surface area contributed by atoms with Crippen LogP contribution in [-0.4, -0.2) is 19.9 Å². The summed E-state index contributed by atoms with van der Waals surface area (Å²) in [6.07, 6.45) is 0. The number of hydrogen-bond donors (Lipinski definition) is 0. The highest BCUT2D eigenvalue weighted by Crippen LogP contribution is 2.63. The minimum absolute atomic E-state index is 0.576. The molecule has 0 N–H and O–H groups in total. The van der Waals surface area contributed by atoms with Gasteiger partial charge < -0.3 is 4.74 Å². The normalized spacial score (nSPS) is 12.8. The van der Waals surface area contributed by atoms with E-state index >= 15 is 0 Å². The summed E-state index contributed by atoms with van der Waals surface area (Å²) in [4.78, 5) is 20.5. The number of rotatable bonds is 6. The highest BCUT2D eigenvalue weighted by Gasteiger charge is 2.51. The Balaban J connectivity index is 1.13. The summed E-state index contributed by atoms with van der Waals surface area (Å²) in [5.74, 6) is 3.42. The molecule has 64 heavy (non-hydrogen) atoms. The SMILES string of the molecule is Cc1ccc(-c2ccc(-c3cc(-c4nc(-c5ccccc5)nc(-c5ccc(-c6ccccc6)cc5)n4)cc4c3Oc3ccccc3C43c4ccccc4-c4ccccc43)cc2)c(C)n1. The lowest BCUT2D eigenvalue weighted by atomic mass is 9.65. The van der Waals surface area contributed by atoms with Crippen molar-refractivity contribution >= 4 is 0 Å². The average molecular weight is 821 g/mol. The highest BCUT2D eigenvalue weighted by atomic mass is 16.5. The van der Waals surface area contributed by atoms with Gasteiger partial charge in [0.15, 0.2) is 17.5 Å². The summed E-state index contributed by atoms with van der Waals surface area (Å²) < 4.78 is 7.19. The minimum atomic E-state index is -0.696. The number of fused-ring (bicyclic) bond motifs is 9. The molecule has 1 aliphatic carbocycles. The van der Waals surface area contributed by atoms with Gasteiger partial charge in [-0.1, -0.05) is 182 Å². The van der Waals surface area contributed by atoms with Crippen LogP contribution in [0.1, 0.15) is 33.6 Å². The third-order valence-corrected chi connectivity index (χ3v) is 12.9. The van der Waals surface area contributed by atoms with Gasteiger partial charge in [0.1, 0.15) is 11.5 Å². The molecule has 2 aliphatic rings. The standard InChI is InChI=1S/C59H40N4O/c1-37-25-34-46(38(2)60-37)41-28-30-42(31-29-41)49-35-45(58-62-56(43-17-7-4-8-18-43)61-57(63-58)44-32-26-40(27-33-44)39-15-5-3-6-16-39)36-53-55(49)64-54-24-14-13-23-52(54)59(53)50-21-11-9-19-47(50)48-20-10-12-22-51(48)59/h3-36H,1-2H3. The van der Waals surface area contributed by atoms with Gasteiger partial charge in [0.05, 0.1) is 5.41 Å². The molecule has 0 amide bonds. The molecule has 1 spiro atoms. The van der Waals surface area contributed by atoms with Crippen LogP contribution in [-0.2, 0) is 5.41 Å². The zero-order chi connectivity index (χ0) is 42.8. The number of aryl methyl sites for hydroxylation is 2. The van der Waals surface area contributed by atoms with E-state index in [0.717, 1.165) is 84.1 Å². The first-order valence-corrected chi connectivity index (χ1v) is 21.7. The van der Waals surface area contributed by atoms with Crippen molar-refractivity contribution in [2.24, 2.45) is 0 Å². The van der Waals surface area contributed by atoms with E-state index in [1.807, 2.05) is 31.2 Å². The van der Waals surface area contributed by atoms with E-state index in [4.69, 9.17) is 24.7 Å². The summed E-state index contributed by atoms with van der Waals surface area (Å²) in [6.45, 7) is 4.10. The van der Waals surface area contributed by atoms with E-state index in [0.29, 0.717) is 17.5 Å². The highest BCUT2D eigenvalue weighted by molar-refractivity contribution is 5.92. The Bertz CT molecular complexity index is 3370. The molecule has 12 rings (SSSR count). The van der Waals surface area contributed by atoms with Crippen molar-refractivity contribution in [2.45, 2.75) is 19.3 Å². The first-order chi connectivity index (χ1) is 31.5. The number of benzene rings is 8. The second kappa shape index (κ2) is 15.0. The maximum Gasteiger partial charge on any atom is 0.164 e. The first kappa shape index (κ1) is 37.5. The Morgan fingerprint density at radius 3 is 1.42 bits per heavy atom. The number of pyridine rings is 1. The predicted molar refractivity (Wildman–Crippen MR) is 257 cm³/mol. The van der Waals surface area contributed by atoms with Gasteiger partial charge in [-0.3, -0.25) is 4.98 Å². The van der Waals surface area contributed by atoms with E-state index in [1.165, 1.54) is 22.3 Å². The summed E-state index contributed by atoms with van der Waals surface area (Å²) in [5.41, 5.74) is 17.5. The van der Waals surface area contributed by atoms with Gasteiger partial charge in [-0.25, -0.2) is 15.0 Å². The molecule has 0 fully saturated rings. The fraction of sp³-hybridized carbons (Fsp3) is 0.0508. The van der Waals surface area contributed by atoms with Crippen LogP contribution in [0.4, 0.5) is 0 Å². The van der Waals surface area contributed by atoms with Crippen molar-refractivity contribution in [1.29, 1.82) is 0 Å². The van der Waals surface area contributed by atoms with Gasteiger partial charge in [-0.05, 0) is 82.6 Å². The predicted octanol–water partition coefficient (Wildman–Crippen LogP) is 14.4. The lowest BCUT2D eigenvalue weighted by Crippen LogP contribution is -2.32. The van der Waals surface area contributed by atoms with E-state index in [2.05, 4.69) is 189 Å². The molecule has 5 heteroatoms. The van der Waals surface area contributed by atoms with Crippen molar-refractivity contribution in [1.82, 2.24) is 19.9 Å². The van der Waals surface area contributed by atoms with Gasteiger partial charge in [0, 0.05) is 50.3 Å². The van der Waals surface area contributed by atoms with Gasteiger partial charge in [-0.15, -0.1) is 0 Å². The minimum Gasteiger partial charge on any atom is -0.456 e. The molecule has 10 aromatic rings. The first-order valence-electron chi connectivity index (χ1n) is 21.7. The van der Waals surface area contributed by atoms with Crippen molar-refractivity contribution in [3.63, 3.8) is 0 Å². The van der Waals surface area contributed by atoms with Gasteiger partial charge >= 0.3 is 0 Å². The molecule has 0 bridgehead atoms. The zero-order valence-electron chi connectivity index (χ0n) is 35.3. The average Bonchev–Trinajstić information content (AvgIpc) is 3.65. The molecule has 0 saturated carbocycles. The largest absolute Gasteiger partial charge is 0.456 e. The molecule has 2 aromatic heterocycles. The number of para-hydroxylation sites is 1. The van der Waals surface area contributed by atoms with E-state index < -0.39 is 5.41 Å².